The van der Waals surface area contributed by atoms with E-state index in [0.29, 0.717) is 12.1 Å². The van der Waals surface area contributed by atoms with Gasteiger partial charge in [0.15, 0.2) is 6.79 Å². The number of hydrogen-bond acceptors (Lipinski definition) is 3. The number of ether oxygens (including phenoxy) is 1. The van der Waals surface area contributed by atoms with E-state index in [-0.39, 0.29) is 20.1 Å². The molecule has 2 rings (SSSR count). The normalized spacial score (nSPS) is 16.8. The number of benzene rings is 1. The van der Waals surface area contributed by atoms with Crippen LogP contribution in [0.1, 0.15) is 24.5 Å². The average Bonchev–Trinajstić information content (AvgIpc) is 2.63. The van der Waals surface area contributed by atoms with Crippen LogP contribution < -0.4 is 0 Å². The van der Waals surface area contributed by atoms with Gasteiger partial charge in [-0.3, -0.25) is 4.90 Å². The maximum atomic E-state index is 12.7. The van der Waals surface area contributed by atoms with Crippen molar-refractivity contribution in [2.24, 2.45) is 0 Å². The number of carbonyl (C=O) groups excluding carboxylic acids is 1. The van der Waals surface area contributed by atoms with Gasteiger partial charge in [-0.25, -0.2) is 9.63 Å². The van der Waals surface area contributed by atoms with Crippen molar-refractivity contribution in [3.8, 4) is 0 Å². The lowest BCUT2D eigenvalue weighted by molar-refractivity contribution is -0.183. The summed E-state index contributed by atoms with van der Waals surface area (Å²) in [6, 6.07) is 4.40. The van der Waals surface area contributed by atoms with Crippen LogP contribution in [0.5, 0.6) is 0 Å². The molecule has 1 heterocycles. The third-order valence-corrected chi connectivity index (χ3v) is 3.10. The highest BCUT2D eigenvalue weighted by Gasteiger charge is 2.31. The first-order valence-corrected chi connectivity index (χ1v) is 6.85. The fraction of sp³-hybridized carbons (Fsp3) is 0.500. The molecule has 122 valence electrons. The van der Waals surface area contributed by atoms with Crippen LogP contribution in [0, 0.1) is 0 Å². The predicted molar refractivity (Wildman–Crippen MR) is 71.3 cm³/mol. The molecule has 2 amide bonds. The number of nitrogens with zero attached hydrogens (tertiary/aromatic N) is 2. The fourth-order valence-corrected chi connectivity index (χ4v) is 2.07. The summed E-state index contributed by atoms with van der Waals surface area (Å²) < 4.78 is 43.3. The molecule has 22 heavy (non-hydrogen) atoms. The highest BCUT2D eigenvalue weighted by Crippen LogP contribution is 2.29. The van der Waals surface area contributed by atoms with Crippen LogP contribution in [0.4, 0.5) is 18.0 Å². The van der Waals surface area contributed by atoms with Gasteiger partial charge in [-0.2, -0.15) is 18.2 Å². The molecule has 0 aromatic heterocycles. The Morgan fingerprint density at radius 3 is 2.77 bits per heavy atom. The smallest absolute Gasteiger partial charge is 0.332 e. The summed E-state index contributed by atoms with van der Waals surface area (Å²) in [5.41, 5.74) is -0.421. The van der Waals surface area contributed by atoms with Crippen LogP contribution in [-0.4, -0.2) is 36.1 Å². The zero-order valence-electron chi connectivity index (χ0n) is 12.1. The molecule has 0 radical (unpaired) electrons. The summed E-state index contributed by atoms with van der Waals surface area (Å²) in [4.78, 5) is 18.9. The third kappa shape index (κ3) is 4.11. The number of hydrogen-bond donors (Lipinski definition) is 0. The minimum Gasteiger partial charge on any atom is -0.332 e. The van der Waals surface area contributed by atoms with Gasteiger partial charge in [0.2, 0.25) is 0 Å². The summed E-state index contributed by atoms with van der Waals surface area (Å²) in [6.45, 7) is 2.31. The third-order valence-electron chi connectivity index (χ3n) is 3.10. The Labute approximate surface area is 126 Å². The summed E-state index contributed by atoms with van der Waals surface area (Å²) in [6.07, 6.45) is -3.68. The molecule has 0 N–H and O–H groups in total. The Bertz CT molecular complexity index is 522. The van der Waals surface area contributed by atoms with Crippen molar-refractivity contribution in [1.82, 2.24) is 9.96 Å². The van der Waals surface area contributed by atoms with Gasteiger partial charge >= 0.3 is 12.2 Å². The lowest BCUT2D eigenvalue weighted by Crippen LogP contribution is -2.41. The average molecular weight is 318 g/mol. The molecule has 0 spiro atoms. The first-order chi connectivity index (χ1) is 10.4. The molecule has 1 saturated heterocycles. The van der Waals surface area contributed by atoms with Gasteiger partial charge in [0.1, 0.15) is 6.73 Å². The quantitative estimate of drug-likeness (QED) is 0.856. The van der Waals surface area contributed by atoms with Crippen LogP contribution in [0.15, 0.2) is 24.3 Å². The maximum Gasteiger partial charge on any atom is 0.416 e. The number of alkyl halides is 3. The van der Waals surface area contributed by atoms with Gasteiger partial charge in [0.05, 0.1) is 12.1 Å². The van der Waals surface area contributed by atoms with Gasteiger partial charge < -0.3 is 4.74 Å². The van der Waals surface area contributed by atoms with Gasteiger partial charge in [-0.1, -0.05) is 19.1 Å². The number of halogens is 3. The second-order valence-corrected chi connectivity index (χ2v) is 4.86. The van der Waals surface area contributed by atoms with Gasteiger partial charge in [-0.15, -0.1) is 0 Å². The number of urea groups is 1. The Morgan fingerprint density at radius 2 is 2.09 bits per heavy atom. The van der Waals surface area contributed by atoms with E-state index in [2.05, 4.69) is 0 Å². The van der Waals surface area contributed by atoms with E-state index in [0.717, 1.165) is 23.6 Å². The molecule has 1 aliphatic heterocycles. The minimum absolute atomic E-state index is 0.0771. The van der Waals surface area contributed by atoms with Crippen molar-refractivity contribution in [2.75, 3.05) is 20.1 Å². The highest BCUT2D eigenvalue weighted by atomic mass is 19.4. The summed E-state index contributed by atoms with van der Waals surface area (Å²) in [7, 11) is 0. The molecule has 0 bridgehead atoms. The van der Waals surface area contributed by atoms with Gasteiger partial charge in [0.25, 0.3) is 0 Å². The fourth-order valence-electron chi connectivity index (χ4n) is 2.07. The van der Waals surface area contributed by atoms with Crippen molar-refractivity contribution >= 4 is 6.03 Å². The monoisotopic (exact) mass is 318 g/mol. The van der Waals surface area contributed by atoms with E-state index in [9.17, 15) is 18.0 Å². The molecule has 1 aliphatic rings. The van der Waals surface area contributed by atoms with Crippen molar-refractivity contribution in [2.45, 2.75) is 26.1 Å². The number of carbonyl (C=O) groups is 1. The molecule has 1 aromatic rings. The minimum atomic E-state index is -4.42. The predicted octanol–water partition coefficient (Wildman–Crippen LogP) is 3.22. The van der Waals surface area contributed by atoms with E-state index in [1.54, 1.807) is 0 Å². The SMILES string of the molecule is CCCN1COCON(Cc2cccc(C(F)(F)F)c2)C1=O. The largest absolute Gasteiger partial charge is 0.416 e. The Hall–Kier alpha value is -1.80. The molecule has 0 saturated carbocycles. The molecule has 0 aliphatic carbocycles. The first kappa shape index (κ1) is 16.6. The van der Waals surface area contributed by atoms with E-state index >= 15 is 0 Å². The zero-order chi connectivity index (χ0) is 16.2. The standard InChI is InChI=1S/C14H17F3N2O3/c1-2-6-18-9-21-10-22-19(13(18)20)8-11-4-3-5-12(7-11)14(15,16)17/h3-5,7H,2,6,8-10H2,1H3. The van der Waals surface area contributed by atoms with Crippen molar-refractivity contribution in [1.29, 1.82) is 0 Å². The number of hydroxylamine groups is 2. The van der Waals surface area contributed by atoms with Crippen LogP contribution in [0.2, 0.25) is 0 Å². The lowest BCUT2D eigenvalue weighted by Gasteiger charge is -2.24. The Kier molecular flexibility index (Phi) is 5.25. The summed E-state index contributed by atoms with van der Waals surface area (Å²) in [5, 5.41) is 1.03. The van der Waals surface area contributed by atoms with Crippen molar-refractivity contribution in [3.63, 3.8) is 0 Å². The summed E-state index contributed by atoms with van der Waals surface area (Å²) in [5.74, 6) is 0. The molecule has 0 atom stereocenters. The molecule has 5 nitrogen and oxygen atoms in total. The number of amides is 2. The van der Waals surface area contributed by atoms with Gasteiger partial charge in [0, 0.05) is 6.54 Å². The lowest BCUT2D eigenvalue weighted by atomic mass is 10.1. The van der Waals surface area contributed by atoms with E-state index in [4.69, 9.17) is 9.57 Å². The molecular weight excluding hydrogens is 301 g/mol. The molecule has 8 heteroatoms. The molecule has 1 aromatic carbocycles. The van der Waals surface area contributed by atoms with Crippen LogP contribution in [0.3, 0.4) is 0 Å². The van der Waals surface area contributed by atoms with E-state index < -0.39 is 17.8 Å². The molecule has 1 fully saturated rings. The molecular formula is C14H17F3N2O3. The van der Waals surface area contributed by atoms with Crippen molar-refractivity contribution in [3.05, 3.63) is 35.4 Å². The Balaban J connectivity index is 2.13. The van der Waals surface area contributed by atoms with Gasteiger partial charge in [-0.05, 0) is 24.1 Å². The second-order valence-electron chi connectivity index (χ2n) is 4.86. The first-order valence-electron chi connectivity index (χ1n) is 6.85. The Morgan fingerprint density at radius 1 is 1.32 bits per heavy atom. The number of rotatable bonds is 4. The highest BCUT2D eigenvalue weighted by molar-refractivity contribution is 5.73. The van der Waals surface area contributed by atoms with Crippen LogP contribution in [-0.2, 0) is 22.3 Å². The van der Waals surface area contributed by atoms with E-state index in [1.165, 1.54) is 17.0 Å². The topological polar surface area (TPSA) is 42.0 Å². The molecule has 0 unspecified atom stereocenters. The van der Waals surface area contributed by atoms with Crippen LogP contribution >= 0.6 is 0 Å². The summed E-state index contributed by atoms with van der Waals surface area (Å²) >= 11 is 0. The van der Waals surface area contributed by atoms with Crippen LogP contribution in [0.25, 0.3) is 0 Å². The van der Waals surface area contributed by atoms with E-state index in [1.807, 2.05) is 6.92 Å². The zero-order valence-corrected chi connectivity index (χ0v) is 12.1. The van der Waals surface area contributed by atoms with Crippen molar-refractivity contribution < 1.29 is 27.5 Å². The second kappa shape index (κ2) is 6.97. The maximum absolute atomic E-state index is 12.7.